The van der Waals surface area contributed by atoms with Gasteiger partial charge in [0.05, 0.1) is 5.69 Å². The smallest absolute Gasteiger partial charge is 0.368 e. The van der Waals surface area contributed by atoms with E-state index in [1.807, 2.05) is 19.1 Å². The van der Waals surface area contributed by atoms with E-state index in [4.69, 9.17) is 5.73 Å². The predicted molar refractivity (Wildman–Crippen MR) is 70.9 cm³/mol. The van der Waals surface area contributed by atoms with E-state index in [9.17, 15) is 13.2 Å². The first-order valence-corrected chi connectivity index (χ1v) is 6.21. The van der Waals surface area contributed by atoms with Gasteiger partial charge in [0.1, 0.15) is 0 Å². The van der Waals surface area contributed by atoms with Crippen molar-refractivity contribution in [3.63, 3.8) is 0 Å². The van der Waals surface area contributed by atoms with Crippen LogP contribution in [0.2, 0.25) is 0 Å². The highest BCUT2D eigenvalue weighted by Crippen LogP contribution is 2.30. The third-order valence-corrected chi connectivity index (χ3v) is 2.80. The van der Waals surface area contributed by atoms with Gasteiger partial charge in [-0.2, -0.15) is 13.2 Å². The standard InChI is InChI=1S/C14H14F3N3/c1-2-4-9-5-3-6-10(7-9)11-8-12(14(15,16)17)20-13(18)19-11/h3,5-8H,2,4H2,1H3,(H2,18,19,20). The maximum Gasteiger partial charge on any atom is 0.433 e. The number of benzene rings is 1. The molecule has 106 valence electrons. The first kappa shape index (κ1) is 14.3. The SMILES string of the molecule is CCCc1cccc(-c2cc(C(F)(F)F)nc(N)n2)c1. The van der Waals surface area contributed by atoms with Crippen molar-refractivity contribution in [1.29, 1.82) is 0 Å². The van der Waals surface area contributed by atoms with Crippen molar-refractivity contribution in [1.82, 2.24) is 9.97 Å². The van der Waals surface area contributed by atoms with Crippen LogP contribution in [0.1, 0.15) is 24.6 Å². The second kappa shape index (κ2) is 5.48. The topological polar surface area (TPSA) is 51.8 Å². The van der Waals surface area contributed by atoms with Crippen molar-refractivity contribution < 1.29 is 13.2 Å². The lowest BCUT2D eigenvalue weighted by Gasteiger charge is -2.09. The zero-order valence-electron chi connectivity index (χ0n) is 10.9. The number of hydrogen-bond acceptors (Lipinski definition) is 3. The molecule has 1 aromatic carbocycles. The number of aromatic nitrogens is 2. The summed E-state index contributed by atoms with van der Waals surface area (Å²) >= 11 is 0. The molecule has 0 atom stereocenters. The minimum atomic E-state index is -4.53. The fraction of sp³-hybridized carbons (Fsp3) is 0.286. The molecule has 3 nitrogen and oxygen atoms in total. The van der Waals surface area contributed by atoms with Gasteiger partial charge < -0.3 is 5.73 Å². The van der Waals surface area contributed by atoms with Crippen LogP contribution in [-0.4, -0.2) is 9.97 Å². The molecule has 0 radical (unpaired) electrons. The second-order valence-electron chi connectivity index (χ2n) is 4.44. The zero-order valence-corrected chi connectivity index (χ0v) is 10.9. The molecule has 0 aliphatic heterocycles. The van der Waals surface area contributed by atoms with Gasteiger partial charge in [-0.05, 0) is 24.1 Å². The molecule has 1 heterocycles. The van der Waals surface area contributed by atoms with E-state index < -0.39 is 11.9 Å². The maximum absolute atomic E-state index is 12.7. The summed E-state index contributed by atoms with van der Waals surface area (Å²) in [6.07, 6.45) is -2.71. The molecule has 0 unspecified atom stereocenters. The Hall–Kier alpha value is -2.11. The molecular weight excluding hydrogens is 267 g/mol. The molecule has 0 spiro atoms. The fourth-order valence-corrected chi connectivity index (χ4v) is 1.93. The van der Waals surface area contributed by atoms with Crippen molar-refractivity contribution in [2.45, 2.75) is 25.9 Å². The monoisotopic (exact) mass is 281 g/mol. The molecule has 0 bridgehead atoms. The van der Waals surface area contributed by atoms with Crippen LogP contribution in [0.4, 0.5) is 19.1 Å². The van der Waals surface area contributed by atoms with Gasteiger partial charge in [0.15, 0.2) is 5.69 Å². The van der Waals surface area contributed by atoms with Crippen LogP contribution < -0.4 is 5.73 Å². The number of rotatable bonds is 3. The first-order chi connectivity index (χ1) is 9.40. The molecule has 20 heavy (non-hydrogen) atoms. The molecule has 2 rings (SSSR count). The van der Waals surface area contributed by atoms with Gasteiger partial charge in [0, 0.05) is 5.56 Å². The van der Waals surface area contributed by atoms with E-state index in [0.717, 1.165) is 24.5 Å². The molecule has 0 saturated carbocycles. The highest BCUT2D eigenvalue weighted by Gasteiger charge is 2.33. The van der Waals surface area contributed by atoms with E-state index in [1.165, 1.54) is 0 Å². The maximum atomic E-state index is 12.7. The van der Waals surface area contributed by atoms with E-state index >= 15 is 0 Å². The Balaban J connectivity index is 2.47. The number of aryl methyl sites for hydroxylation is 1. The van der Waals surface area contributed by atoms with Crippen LogP contribution in [-0.2, 0) is 12.6 Å². The van der Waals surface area contributed by atoms with Crippen molar-refractivity contribution in [3.8, 4) is 11.3 Å². The number of nitrogens with zero attached hydrogens (tertiary/aromatic N) is 2. The van der Waals surface area contributed by atoms with Gasteiger partial charge in [-0.15, -0.1) is 0 Å². The average molecular weight is 281 g/mol. The Morgan fingerprint density at radius 1 is 1.15 bits per heavy atom. The summed E-state index contributed by atoms with van der Waals surface area (Å²) in [5.74, 6) is -0.379. The normalized spacial score (nSPS) is 11.6. The third kappa shape index (κ3) is 3.26. The van der Waals surface area contributed by atoms with Gasteiger partial charge in [0.25, 0.3) is 0 Å². The summed E-state index contributed by atoms with van der Waals surface area (Å²) in [7, 11) is 0. The van der Waals surface area contributed by atoms with Crippen LogP contribution in [0.25, 0.3) is 11.3 Å². The summed E-state index contributed by atoms with van der Waals surface area (Å²) < 4.78 is 38.2. The van der Waals surface area contributed by atoms with E-state index in [2.05, 4.69) is 9.97 Å². The largest absolute Gasteiger partial charge is 0.433 e. The zero-order chi connectivity index (χ0) is 14.8. The van der Waals surface area contributed by atoms with E-state index in [-0.39, 0.29) is 11.6 Å². The summed E-state index contributed by atoms with van der Waals surface area (Å²) in [5, 5.41) is 0. The Morgan fingerprint density at radius 2 is 1.90 bits per heavy atom. The molecule has 2 N–H and O–H groups in total. The van der Waals surface area contributed by atoms with Gasteiger partial charge >= 0.3 is 6.18 Å². The molecule has 2 aromatic rings. The van der Waals surface area contributed by atoms with Crippen LogP contribution >= 0.6 is 0 Å². The van der Waals surface area contributed by atoms with Gasteiger partial charge in [-0.3, -0.25) is 0 Å². The summed E-state index contributed by atoms with van der Waals surface area (Å²) in [5.41, 5.74) is 6.18. The molecule has 0 saturated heterocycles. The summed E-state index contributed by atoms with van der Waals surface area (Å²) in [6.45, 7) is 2.04. The number of nitrogens with two attached hydrogens (primary N) is 1. The van der Waals surface area contributed by atoms with E-state index in [0.29, 0.717) is 5.56 Å². The minimum Gasteiger partial charge on any atom is -0.368 e. The van der Waals surface area contributed by atoms with Gasteiger partial charge in [-0.25, -0.2) is 9.97 Å². The molecule has 1 aromatic heterocycles. The van der Waals surface area contributed by atoms with Gasteiger partial charge in [-0.1, -0.05) is 31.5 Å². The summed E-state index contributed by atoms with van der Waals surface area (Å²) in [6, 6.07) is 8.18. The second-order valence-corrected chi connectivity index (χ2v) is 4.44. The fourth-order valence-electron chi connectivity index (χ4n) is 1.93. The van der Waals surface area contributed by atoms with Crippen LogP contribution in [0.5, 0.6) is 0 Å². The minimum absolute atomic E-state index is 0.183. The lowest BCUT2D eigenvalue weighted by atomic mass is 10.0. The Kier molecular flexibility index (Phi) is 3.92. The molecular formula is C14H14F3N3. The van der Waals surface area contributed by atoms with Crippen molar-refractivity contribution in [2.75, 3.05) is 5.73 Å². The lowest BCUT2D eigenvalue weighted by Crippen LogP contribution is -2.11. The highest BCUT2D eigenvalue weighted by atomic mass is 19.4. The molecule has 0 amide bonds. The van der Waals surface area contributed by atoms with Crippen LogP contribution in [0.3, 0.4) is 0 Å². The molecule has 0 aliphatic rings. The Labute approximate surface area is 114 Å². The van der Waals surface area contributed by atoms with Crippen molar-refractivity contribution in [2.24, 2.45) is 0 Å². The Morgan fingerprint density at radius 3 is 2.55 bits per heavy atom. The number of hydrogen-bond donors (Lipinski definition) is 1. The van der Waals surface area contributed by atoms with Crippen molar-refractivity contribution in [3.05, 3.63) is 41.6 Å². The average Bonchev–Trinajstić information content (AvgIpc) is 2.38. The summed E-state index contributed by atoms with van der Waals surface area (Å²) in [4.78, 5) is 7.12. The van der Waals surface area contributed by atoms with Crippen molar-refractivity contribution >= 4 is 5.95 Å². The molecule has 0 aliphatic carbocycles. The van der Waals surface area contributed by atoms with E-state index in [1.54, 1.807) is 12.1 Å². The molecule has 6 heteroatoms. The lowest BCUT2D eigenvalue weighted by molar-refractivity contribution is -0.141. The first-order valence-electron chi connectivity index (χ1n) is 6.21. The number of nitrogen functional groups attached to an aromatic ring is 1. The van der Waals surface area contributed by atoms with Crippen LogP contribution in [0.15, 0.2) is 30.3 Å². The van der Waals surface area contributed by atoms with Crippen LogP contribution in [0, 0.1) is 0 Å². The third-order valence-electron chi connectivity index (χ3n) is 2.80. The number of alkyl halides is 3. The number of halogens is 3. The quantitative estimate of drug-likeness (QED) is 0.933. The number of anilines is 1. The highest BCUT2D eigenvalue weighted by molar-refractivity contribution is 5.61. The molecule has 0 fully saturated rings. The Bertz CT molecular complexity index is 609. The predicted octanol–water partition coefficient (Wildman–Crippen LogP) is 3.70. The van der Waals surface area contributed by atoms with Gasteiger partial charge in [0.2, 0.25) is 5.95 Å².